The maximum absolute atomic E-state index is 10.8. The number of aromatic amines is 1. The second-order valence-corrected chi connectivity index (χ2v) is 4.22. The number of hydrogen-bond acceptors (Lipinski definition) is 3. The minimum atomic E-state index is -0.984. The highest BCUT2D eigenvalue weighted by Gasteiger charge is 2.20. The van der Waals surface area contributed by atoms with Crippen molar-refractivity contribution < 1.29 is 9.90 Å². The van der Waals surface area contributed by atoms with E-state index < -0.39 is 5.97 Å². The average Bonchev–Trinajstić information content (AvgIpc) is 2.69. The van der Waals surface area contributed by atoms with Gasteiger partial charge in [0, 0.05) is 12.0 Å². The lowest BCUT2D eigenvalue weighted by Gasteiger charge is -2.08. The van der Waals surface area contributed by atoms with Gasteiger partial charge in [-0.3, -0.25) is 0 Å². The summed E-state index contributed by atoms with van der Waals surface area (Å²) in [5, 5.41) is 8.87. The molecular weight excluding hydrogens is 212 g/mol. The van der Waals surface area contributed by atoms with Crippen LogP contribution in [0, 0.1) is 4.64 Å². The van der Waals surface area contributed by atoms with Crippen LogP contribution >= 0.6 is 12.2 Å². The smallest absolute Gasteiger partial charge is 0.352 e. The maximum atomic E-state index is 10.8. The molecule has 0 aliphatic heterocycles. The molecule has 1 fully saturated rings. The number of nitrogens with one attached hydrogen (secondary N) is 1. The van der Waals surface area contributed by atoms with Crippen LogP contribution in [-0.4, -0.2) is 21.0 Å². The third-order valence-electron chi connectivity index (χ3n) is 2.73. The SMILES string of the molecule is O=C(O)c1cc(=S)nc(C2CCCC2)[nH]1. The largest absolute Gasteiger partial charge is 0.477 e. The molecule has 0 saturated heterocycles. The number of hydrogen-bond donors (Lipinski definition) is 2. The fraction of sp³-hybridized carbons (Fsp3) is 0.500. The van der Waals surface area contributed by atoms with Gasteiger partial charge in [-0.1, -0.05) is 25.1 Å². The third-order valence-corrected chi connectivity index (χ3v) is 2.94. The first-order valence-corrected chi connectivity index (χ1v) is 5.42. The lowest BCUT2D eigenvalue weighted by Crippen LogP contribution is -2.07. The Balaban J connectivity index is 2.38. The van der Waals surface area contributed by atoms with Gasteiger partial charge in [-0.15, -0.1) is 0 Å². The molecule has 0 aromatic carbocycles. The highest BCUT2D eigenvalue weighted by atomic mass is 32.1. The van der Waals surface area contributed by atoms with Crippen molar-refractivity contribution in [1.82, 2.24) is 9.97 Å². The van der Waals surface area contributed by atoms with Crippen molar-refractivity contribution >= 4 is 18.2 Å². The van der Waals surface area contributed by atoms with Crippen LogP contribution in [0.4, 0.5) is 0 Å². The van der Waals surface area contributed by atoms with Gasteiger partial charge in [0.15, 0.2) is 0 Å². The van der Waals surface area contributed by atoms with E-state index in [-0.39, 0.29) is 5.69 Å². The van der Waals surface area contributed by atoms with Gasteiger partial charge in [0.2, 0.25) is 0 Å². The minimum Gasteiger partial charge on any atom is -0.477 e. The van der Waals surface area contributed by atoms with Crippen LogP contribution in [0.3, 0.4) is 0 Å². The van der Waals surface area contributed by atoms with E-state index in [0.29, 0.717) is 10.6 Å². The standard InChI is InChI=1S/C10H12N2O2S/c13-10(14)7-5-8(15)12-9(11-7)6-3-1-2-4-6/h5-6H,1-4H2,(H,13,14)(H,11,12,15). The number of aromatic nitrogens is 2. The van der Waals surface area contributed by atoms with Gasteiger partial charge in [-0.2, -0.15) is 0 Å². The van der Waals surface area contributed by atoms with E-state index in [1.165, 1.54) is 18.9 Å². The lowest BCUT2D eigenvalue weighted by molar-refractivity contribution is 0.0689. The topological polar surface area (TPSA) is 66.0 Å². The Morgan fingerprint density at radius 3 is 2.80 bits per heavy atom. The van der Waals surface area contributed by atoms with Crippen LogP contribution in [0.1, 0.15) is 47.9 Å². The summed E-state index contributed by atoms with van der Waals surface area (Å²) in [4.78, 5) is 17.9. The first-order valence-electron chi connectivity index (χ1n) is 5.01. The predicted molar refractivity (Wildman–Crippen MR) is 57.6 cm³/mol. The Morgan fingerprint density at radius 1 is 1.53 bits per heavy atom. The Bertz CT molecular complexity index is 435. The molecule has 0 bridgehead atoms. The Kier molecular flexibility index (Phi) is 2.81. The number of rotatable bonds is 2. The van der Waals surface area contributed by atoms with E-state index in [1.54, 1.807) is 0 Å². The number of aromatic carboxylic acids is 1. The molecule has 1 aromatic rings. The number of carboxylic acid groups (broad SMARTS) is 1. The fourth-order valence-corrected chi connectivity index (χ4v) is 2.20. The van der Waals surface area contributed by atoms with E-state index in [4.69, 9.17) is 17.3 Å². The summed E-state index contributed by atoms with van der Waals surface area (Å²) in [6.45, 7) is 0. The highest BCUT2D eigenvalue weighted by Crippen LogP contribution is 2.31. The van der Waals surface area contributed by atoms with E-state index >= 15 is 0 Å². The molecule has 1 heterocycles. The van der Waals surface area contributed by atoms with Crippen LogP contribution in [0.5, 0.6) is 0 Å². The first kappa shape index (κ1) is 10.3. The molecule has 0 amide bonds. The monoisotopic (exact) mass is 224 g/mol. The minimum absolute atomic E-state index is 0.136. The number of H-pyrrole nitrogens is 1. The van der Waals surface area contributed by atoms with Crippen molar-refractivity contribution in [3.05, 3.63) is 22.2 Å². The molecule has 0 radical (unpaired) electrons. The van der Waals surface area contributed by atoms with Crippen molar-refractivity contribution in [1.29, 1.82) is 0 Å². The van der Waals surface area contributed by atoms with Gasteiger partial charge in [-0.05, 0) is 12.8 Å². The second-order valence-electron chi connectivity index (χ2n) is 3.80. The molecule has 0 atom stereocenters. The molecule has 5 heteroatoms. The molecule has 4 nitrogen and oxygen atoms in total. The first-order chi connectivity index (χ1) is 7.16. The molecule has 1 saturated carbocycles. The van der Waals surface area contributed by atoms with Crippen LogP contribution in [0.2, 0.25) is 0 Å². The summed E-state index contributed by atoms with van der Waals surface area (Å²) in [5.41, 5.74) is 0.136. The van der Waals surface area contributed by atoms with Gasteiger partial charge in [-0.25, -0.2) is 9.78 Å². The zero-order valence-corrected chi connectivity index (χ0v) is 9.01. The normalized spacial score (nSPS) is 16.8. The van der Waals surface area contributed by atoms with Crippen LogP contribution in [0.25, 0.3) is 0 Å². The summed E-state index contributed by atoms with van der Waals surface area (Å²) in [7, 11) is 0. The van der Waals surface area contributed by atoms with Gasteiger partial charge in [0.1, 0.15) is 16.2 Å². The van der Waals surface area contributed by atoms with Crippen molar-refractivity contribution in [3.8, 4) is 0 Å². The molecule has 1 aliphatic carbocycles. The Labute approximate surface area is 92.4 Å². The summed E-state index contributed by atoms with van der Waals surface area (Å²) in [5.74, 6) is 0.103. The van der Waals surface area contributed by atoms with Crippen LogP contribution in [0.15, 0.2) is 6.07 Å². The predicted octanol–water partition coefficient (Wildman–Crippen LogP) is 2.49. The van der Waals surface area contributed by atoms with Gasteiger partial charge < -0.3 is 10.1 Å². The number of nitrogens with zero attached hydrogens (tertiary/aromatic N) is 1. The average molecular weight is 224 g/mol. The fourth-order valence-electron chi connectivity index (χ4n) is 1.98. The van der Waals surface area contributed by atoms with E-state index in [1.807, 2.05) is 0 Å². The molecule has 2 N–H and O–H groups in total. The summed E-state index contributed by atoms with van der Waals surface area (Å²) in [6.07, 6.45) is 4.51. The van der Waals surface area contributed by atoms with Gasteiger partial charge in [0.25, 0.3) is 0 Å². The van der Waals surface area contributed by atoms with Crippen molar-refractivity contribution in [2.24, 2.45) is 0 Å². The Hall–Kier alpha value is -1.23. The van der Waals surface area contributed by atoms with Crippen molar-refractivity contribution in [3.63, 3.8) is 0 Å². The summed E-state index contributed by atoms with van der Waals surface area (Å²) in [6, 6.07) is 1.39. The van der Waals surface area contributed by atoms with Crippen molar-refractivity contribution in [2.75, 3.05) is 0 Å². The van der Waals surface area contributed by atoms with E-state index in [9.17, 15) is 4.79 Å². The Morgan fingerprint density at radius 2 is 2.20 bits per heavy atom. The number of carboxylic acids is 1. The molecule has 2 rings (SSSR count). The molecule has 1 aliphatic rings. The zero-order valence-electron chi connectivity index (χ0n) is 8.19. The third kappa shape index (κ3) is 2.23. The quantitative estimate of drug-likeness (QED) is 0.757. The zero-order chi connectivity index (χ0) is 10.8. The van der Waals surface area contributed by atoms with Gasteiger partial charge >= 0.3 is 5.97 Å². The number of carbonyl (C=O) groups is 1. The molecular formula is C10H12N2O2S. The van der Waals surface area contributed by atoms with E-state index in [2.05, 4.69) is 9.97 Å². The summed E-state index contributed by atoms with van der Waals surface area (Å²) < 4.78 is 0.355. The molecule has 0 unspecified atom stereocenters. The van der Waals surface area contributed by atoms with Crippen LogP contribution in [-0.2, 0) is 0 Å². The second kappa shape index (κ2) is 4.10. The van der Waals surface area contributed by atoms with Crippen LogP contribution < -0.4 is 0 Å². The molecule has 80 valence electrons. The van der Waals surface area contributed by atoms with E-state index in [0.717, 1.165) is 18.7 Å². The summed E-state index contributed by atoms with van der Waals surface area (Å²) >= 11 is 4.95. The maximum Gasteiger partial charge on any atom is 0.352 e. The highest BCUT2D eigenvalue weighted by molar-refractivity contribution is 7.71. The molecule has 0 spiro atoms. The molecule has 1 aromatic heterocycles. The van der Waals surface area contributed by atoms with Gasteiger partial charge in [0.05, 0.1) is 0 Å². The molecule has 15 heavy (non-hydrogen) atoms. The lowest BCUT2D eigenvalue weighted by atomic mass is 10.1. The van der Waals surface area contributed by atoms with Crippen molar-refractivity contribution in [2.45, 2.75) is 31.6 Å².